The molecular weight excluding hydrogens is 264 g/mol. The lowest BCUT2D eigenvalue weighted by Gasteiger charge is -2.11. The van der Waals surface area contributed by atoms with Crippen molar-refractivity contribution in [3.05, 3.63) is 40.0 Å². The van der Waals surface area contributed by atoms with Crippen LogP contribution >= 0.6 is 0 Å². The van der Waals surface area contributed by atoms with Crippen molar-refractivity contribution >= 4 is 17.3 Å². The van der Waals surface area contributed by atoms with Crippen molar-refractivity contribution in [2.75, 3.05) is 25.5 Å². The number of primary amides is 1. The molecule has 0 atom stereocenters. The summed E-state index contributed by atoms with van der Waals surface area (Å²) in [7, 11) is 1.35. The van der Waals surface area contributed by atoms with Gasteiger partial charge in [0.25, 0.3) is 5.69 Å². The zero-order valence-electron chi connectivity index (χ0n) is 11.0. The quantitative estimate of drug-likeness (QED) is 0.381. The highest BCUT2D eigenvalue weighted by atomic mass is 16.6. The molecule has 20 heavy (non-hydrogen) atoms. The van der Waals surface area contributed by atoms with E-state index in [4.69, 9.17) is 16.2 Å². The van der Waals surface area contributed by atoms with Crippen molar-refractivity contribution in [3.8, 4) is 5.75 Å². The molecule has 1 aromatic rings. The minimum atomic E-state index is -0.763. The molecule has 0 fully saturated rings. The number of nitrogens with two attached hydrogens (primary N) is 2. The maximum atomic E-state index is 11.2. The largest absolute Gasteiger partial charge is 0.494 e. The minimum Gasteiger partial charge on any atom is -0.494 e. The molecule has 0 heterocycles. The molecule has 1 aromatic carbocycles. The summed E-state index contributed by atoms with van der Waals surface area (Å²) in [5.74, 6) is -0.588. The van der Waals surface area contributed by atoms with Crippen molar-refractivity contribution in [3.63, 3.8) is 0 Å². The molecule has 0 aliphatic carbocycles. The van der Waals surface area contributed by atoms with Gasteiger partial charge in [0.1, 0.15) is 5.75 Å². The first-order chi connectivity index (χ1) is 9.51. The number of carbonyl (C=O) groups excluding carboxylic acids is 1. The molecule has 0 saturated heterocycles. The number of amides is 1. The molecule has 5 N–H and O–H groups in total. The molecule has 0 unspecified atom stereocenters. The Labute approximate surface area is 115 Å². The van der Waals surface area contributed by atoms with Crippen molar-refractivity contribution in [2.45, 2.75) is 0 Å². The Morgan fingerprint density at radius 1 is 1.50 bits per heavy atom. The van der Waals surface area contributed by atoms with E-state index in [2.05, 4.69) is 5.32 Å². The maximum Gasteiger partial charge on any atom is 0.296 e. The van der Waals surface area contributed by atoms with E-state index in [1.165, 1.54) is 13.2 Å². The molecule has 0 saturated carbocycles. The molecule has 108 valence electrons. The molecule has 0 aliphatic heterocycles. The van der Waals surface area contributed by atoms with Gasteiger partial charge in [-0.3, -0.25) is 14.9 Å². The van der Waals surface area contributed by atoms with Crippen LogP contribution < -0.4 is 21.5 Å². The molecular formula is C12H16N4O4. The number of methoxy groups -OCH3 is 1. The van der Waals surface area contributed by atoms with Gasteiger partial charge >= 0.3 is 0 Å². The van der Waals surface area contributed by atoms with E-state index >= 15 is 0 Å². The van der Waals surface area contributed by atoms with E-state index in [0.29, 0.717) is 13.1 Å². The lowest BCUT2D eigenvalue weighted by molar-refractivity contribution is -0.384. The number of ether oxygens (including phenoxy) is 1. The summed E-state index contributed by atoms with van der Waals surface area (Å²) in [6.45, 7) is 0.714. The fourth-order valence-electron chi connectivity index (χ4n) is 1.57. The number of carbonyl (C=O) groups is 1. The van der Waals surface area contributed by atoms with Gasteiger partial charge in [-0.25, -0.2) is 0 Å². The maximum absolute atomic E-state index is 11.2. The average molecular weight is 280 g/mol. The molecule has 1 amide bonds. The molecule has 8 nitrogen and oxygen atoms in total. The second-order valence-corrected chi connectivity index (χ2v) is 3.78. The van der Waals surface area contributed by atoms with Crippen molar-refractivity contribution in [2.24, 2.45) is 11.5 Å². The van der Waals surface area contributed by atoms with Gasteiger partial charge in [0.15, 0.2) is 5.69 Å². The van der Waals surface area contributed by atoms with Crippen LogP contribution in [0.1, 0.15) is 10.4 Å². The van der Waals surface area contributed by atoms with Crippen LogP contribution in [-0.2, 0) is 0 Å². The van der Waals surface area contributed by atoms with Gasteiger partial charge in [-0.15, -0.1) is 0 Å². The summed E-state index contributed by atoms with van der Waals surface area (Å²) in [6, 6.07) is 2.46. The lowest BCUT2D eigenvalue weighted by atomic mass is 10.1. The highest BCUT2D eigenvalue weighted by molar-refractivity contribution is 5.95. The van der Waals surface area contributed by atoms with E-state index in [0.717, 1.165) is 6.07 Å². The smallest absolute Gasteiger partial charge is 0.296 e. The Balaban J connectivity index is 3.21. The molecule has 0 aromatic heterocycles. The van der Waals surface area contributed by atoms with Crippen LogP contribution in [0.25, 0.3) is 0 Å². The fraction of sp³-hybridized carbons (Fsp3) is 0.250. The minimum absolute atomic E-state index is 0.0107. The number of hydrogen-bond donors (Lipinski definition) is 3. The predicted octanol–water partition coefficient (Wildman–Crippen LogP) is 0.629. The van der Waals surface area contributed by atoms with Gasteiger partial charge in [-0.05, 0) is 6.07 Å². The number of hydrogen-bond acceptors (Lipinski definition) is 6. The lowest BCUT2D eigenvalue weighted by Crippen LogP contribution is -2.13. The van der Waals surface area contributed by atoms with Crippen LogP contribution in [0.3, 0.4) is 0 Å². The van der Waals surface area contributed by atoms with Gasteiger partial charge in [0.05, 0.1) is 12.0 Å². The highest BCUT2D eigenvalue weighted by Crippen LogP contribution is 2.35. The molecule has 0 radical (unpaired) electrons. The third-order valence-electron chi connectivity index (χ3n) is 2.48. The topological polar surface area (TPSA) is 134 Å². The zero-order chi connectivity index (χ0) is 15.1. The zero-order valence-corrected chi connectivity index (χ0v) is 11.0. The van der Waals surface area contributed by atoms with Crippen molar-refractivity contribution in [1.82, 2.24) is 0 Å². The van der Waals surface area contributed by atoms with E-state index < -0.39 is 10.8 Å². The van der Waals surface area contributed by atoms with Crippen LogP contribution in [-0.4, -0.2) is 31.0 Å². The molecule has 0 spiro atoms. The van der Waals surface area contributed by atoms with Crippen LogP contribution in [0.5, 0.6) is 5.75 Å². The van der Waals surface area contributed by atoms with E-state index in [-0.39, 0.29) is 22.7 Å². The Morgan fingerprint density at radius 2 is 2.20 bits per heavy atom. The van der Waals surface area contributed by atoms with Crippen LogP contribution in [0, 0.1) is 10.1 Å². The molecule has 0 bridgehead atoms. The SMILES string of the molecule is COc1cc(C(N)=O)cc([N+](=O)[O-])c1NCC=CCN. The van der Waals surface area contributed by atoms with Gasteiger partial charge in [-0.1, -0.05) is 12.2 Å². The Bertz CT molecular complexity index is 543. The summed E-state index contributed by atoms with van der Waals surface area (Å²) in [4.78, 5) is 21.6. The number of nitro benzene ring substituents is 1. The summed E-state index contributed by atoms with van der Waals surface area (Å²) in [5, 5.41) is 13.9. The van der Waals surface area contributed by atoms with Crippen molar-refractivity contribution < 1.29 is 14.5 Å². The number of rotatable bonds is 7. The molecule has 8 heteroatoms. The monoisotopic (exact) mass is 280 g/mol. The first-order valence-corrected chi connectivity index (χ1v) is 5.76. The number of nitrogens with one attached hydrogen (secondary N) is 1. The Kier molecular flexibility index (Phi) is 5.48. The van der Waals surface area contributed by atoms with E-state index in [9.17, 15) is 14.9 Å². The van der Waals surface area contributed by atoms with Gasteiger partial charge in [0.2, 0.25) is 5.91 Å². The summed E-state index contributed by atoms with van der Waals surface area (Å²) < 4.78 is 5.06. The van der Waals surface area contributed by atoms with Crippen molar-refractivity contribution in [1.29, 1.82) is 0 Å². The van der Waals surface area contributed by atoms with E-state index in [1.807, 2.05) is 0 Å². The first kappa shape index (κ1) is 15.4. The van der Waals surface area contributed by atoms with Gasteiger partial charge < -0.3 is 21.5 Å². The standard InChI is InChI=1S/C12H16N4O4/c1-20-10-7-8(12(14)17)6-9(16(18)19)11(10)15-5-3-2-4-13/h2-3,6-7,15H,4-5,13H2,1H3,(H2,14,17). The Morgan fingerprint density at radius 3 is 2.70 bits per heavy atom. The number of nitro groups is 1. The average Bonchev–Trinajstić information content (AvgIpc) is 2.42. The summed E-state index contributed by atoms with van der Waals surface area (Å²) >= 11 is 0. The third-order valence-corrected chi connectivity index (χ3v) is 2.48. The number of benzene rings is 1. The molecule has 1 rings (SSSR count). The fourth-order valence-corrected chi connectivity index (χ4v) is 1.57. The highest BCUT2D eigenvalue weighted by Gasteiger charge is 2.21. The van der Waals surface area contributed by atoms with E-state index in [1.54, 1.807) is 12.2 Å². The number of nitrogens with zero attached hydrogens (tertiary/aromatic N) is 1. The van der Waals surface area contributed by atoms with Gasteiger partial charge in [-0.2, -0.15) is 0 Å². The summed E-state index contributed by atoms with van der Waals surface area (Å²) in [6.07, 6.45) is 3.44. The first-order valence-electron chi connectivity index (χ1n) is 5.76. The molecule has 0 aliphatic rings. The van der Waals surface area contributed by atoms with Gasteiger partial charge in [0, 0.05) is 24.7 Å². The second-order valence-electron chi connectivity index (χ2n) is 3.78. The third kappa shape index (κ3) is 3.69. The number of anilines is 1. The normalized spacial score (nSPS) is 10.5. The predicted molar refractivity (Wildman–Crippen MR) is 74.9 cm³/mol. The second kappa shape index (κ2) is 7.10. The van der Waals surface area contributed by atoms with Crippen LogP contribution in [0.4, 0.5) is 11.4 Å². The Hall–Kier alpha value is -2.61. The van der Waals surface area contributed by atoms with Crippen LogP contribution in [0.15, 0.2) is 24.3 Å². The summed E-state index contributed by atoms with van der Waals surface area (Å²) in [5.41, 5.74) is 10.3. The van der Waals surface area contributed by atoms with Crippen LogP contribution in [0.2, 0.25) is 0 Å².